The second-order valence-electron chi connectivity index (χ2n) is 3.82. The molecule has 0 saturated heterocycles. The molecular weight excluding hydrogens is 212 g/mol. The van der Waals surface area contributed by atoms with E-state index in [2.05, 4.69) is 9.97 Å². The summed E-state index contributed by atoms with van der Waals surface area (Å²) in [6, 6.07) is 7.52. The van der Waals surface area contributed by atoms with Crippen molar-refractivity contribution < 1.29 is 4.79 Å². The van der Waals surface area contributed by atoms with E-state index in [1.807, 2.05) is 31.2 Å². The maximum absolute atomic E-state index is 12.1. The van der Waals surface area contributed by atoms with Gasteiger partial charge in [-0.2, -0.15) is 0 Å². The molecule has 0 bridgehead atoms. The molecule has 0 fully saturated rings. The summed E-state index contributed by atoms with van der Waals surface area (Å²) in [6.07, 6.45) is 6.26. The smallest absolute Gasteiger partial charge is 0.185 e. The van der Waals surface area contributed by atoms with Gasteiger partial charge in [-0.1, -0.05) is 13.0 Å². The van der Waals surface area contributed by atoms with Crippen LogP contribution in [0.25, 0.3) is 0 Å². The van der Waals surface area contributed by atoms with Gasteiger partial charge < -0.3 is 0 Å². The van der Waals surface area contributed by atoms with Crippen molar-refractivity contribution in [2.24, 2.45) is 0 Å². The molecule has 0 amide bonds. The minimum atomic E-state index is 0.0636. The van der Waals surface area contributed by atoms with Crippen LogP contribution >= 0.6 is 0 Å². The molecule has 2 rings (SSSR count). The van der Waals surface area contributed by atoms with Crippen LogP contribution in [0.5, 0.6) is 0 Å². The largest absolute Gasteiger partial charge is 0.292 e. The van der Waals surface area contributed by atoms with Gasteiger partial charge in [0.05, 0.1) is 0 Å². The molecule has 2 heterocycles. The summed E-state index contributed by atoms with van der Waals surface area (Å²) < 4.78 is 0. The second-order valence-corrected chi connectivity index (χ2v) is 3.82. The third-order valence-corrected chi connectivity index (χ3v) is 2.65. The molecule has 0 aliphatic carbocycles. The van der Waals surface area contributed by atoms with Crippen LogP contribution < -0.4 is 0 Å². The van der Waals surface area contributed by atoms with Crippen LogP contribution in [-0.2, 0) is 12.8 Å². The van der Waals surface area contributed by atoms with Crippen molar-refractivity contribution in [3.8, 4) is 0 Å². The Morgan fingerprint density at radius 3 is 2.65 bits per heavy atom. The van der Waals surface area contributed by atoms with E-state index in [-0.39, 0.29) is 5.78 Å². The van der Waals surface area contributed by atoms with Crippen LogP contribution in [0, 0.1) is 0 Å². The number of aryl methyl sites for hydroxylation is 1. The lowest BCUT2D eigenvalue weighted by Gasteiger charge is -2.05. The van der Waals surface area contributed by atoms with Gasteiger partial charge in [0, 0.05) is 25.0 Å². The zero-order chi connectivity index (χ0) is 12.1. The summed E-state index contributed by atoms with van der Waals surface area (Å²) in [5, 5.41) is 0. The van der Waals surface area contributed by atoms with Crippen LogP contribution in [0.2, 0.25) is 0 Å². The molecular formula is C14H14N2O. The first-order valence-electron chi connectivity index (χ1n) is 5.67. The molecule has 0 unspecified atom stereocenters. The molecule has 0 N–H and O–H groups in total. The first-order valence-corrected chi connectivity index (χ1v) is 5.67. The summed E-state index contributed by atoms with van der Waals surface area (Å²) in [5.41, 5.74) is 2.57. The lowest BCUT2D eigenvalue weighted by atomic mass is 10.0. The highest BCUT2D eigenvalue weighted by molar-refractivity contribution is 5.97. The molecule has 2 aromatic rings. The molecule has 17 heavy (non-hydrogen) atoms. The third-order valence-electron chi connectivity index (χ3n) is 2.65. The van der Waals surface area contributed by atoms with Crippen molar-refractivity contribution in [1.29, 1.82) is 0 Å². The highest BCUT2D eigenvalue weighted by Crippen LogP contribution is 2.10. The summed E-state index contributed by atoms with van der Waals surface area (Å²) in [7, 11) is 0. The second kappa shape index (κ2) is 5.34. The number of aromatic nitrogens is 2. The van der Waals surface area contributed by atoms with Gasteiger partial charge >= 0.3 is 0 Å². The topological polar surface area (TPSA) is 42.9 Å². The number of hydrogen-bond acceptors (Lipinski definition) is 3. The van der Waals surface area contributed by atoms with Gasteiger partial charge in [0.1, 0.15) is 5.69 Å². The predicted octanol–water partition coefficient (Wildman–Crippen LogP) is 2.46. The first-order chi connectivity index (χ1) is 8.31. The maximum atomic E-state index is 12.1. The predicted molar refractivity (Wildman–Crippen MR) is 65.9 cm³/mol. The molecule has 3 heteroatoms. The fraction of sp³-hybridized carbons (Fsp3) is 0.214. The third kappa shape index (κ3) is 2.75. The van der Waals surface area contributed by atoms with Crippen molar-refractivity contribution in [3.63, 3.8) is 0 Å². The number of hydrogen-bond donors (Lipinski definition) is 0. The normalized spacial score (nSPS) is 10.2. The Hall–Kier alpha value is -2.03. The van der Waals surface area contributed by atoms with Crippen molar-refractivity contribution in [2.75, 3.05) is 0 Å². The van der Waals surface area contributed by atoms with Crippen LogP contribution in [0.15, 0.2) is 42.9 Å². The fourth-order valence-electron chi connectivity index (χ4n) is 1.74. The van der Waals surface area contributed by atoms with Crippen LogP contribution in [0.4, 0.5) is 0 Å². The lowest BCUT2D eigenvalue weighted by Crippen LogP contribution is -2.09. The van der Waals surface area contributed by atoms with E-state index < -0.39 is 0 Å². The molecule has 0 aliphatic heterocycles. The SMILES string of the molecule is CCc1cccnc1C(=O)Cc1ccncc1. The van der Waals surface area contributed by atoms with Crippen molar-refractivity contribution >= 4 is 5.78 Å². The average Bonchev–Trinajstić information content (AvgIpc) is 2.40. The van der Waals surface area contributed by atoms with Crippen LogP contribution in [-0.4, -0.2) is 15.8 Å². The van der Waals surface area contributed by atoms with Gasteiger partial charge in [0.25, 0.3) is 0 Å². The Kier molecular flexibility index (Phi) is 3.60. The number of carbonyl (C=O) groups is 1. The van der Waals surface area contributed by atoms with Crippen LogP contribution in [0.1, 0.15) is 28.5 Å². The van der Waals surface area contributed by atoms with E-state index in [9.17, 15) is 4.79 Å². The Morgan fingerprint density at radius 2 is 1.94 bits per heavy atom. The standard InChI is InChI=1S/C14H14N2O/c1-2-12-4-3-7-16-14(12)13(17)10-11-5-8-15-9-6-11/h3-9H,2,10H2,1H3. The van der Waals surface area contributed by atoms with Crippen LogP contribution in [0.3, 0.4) is 0 Å². The van der Waals surface area contributed by atoms with E-state index in [1.54, 1.807) is 18.6 Å². The van der Waals surface area contributed by atoms with Crippen molar-refractivity contribution in [1.82, 2.24) is 9.97 Å². The number of Topliss-reactive ketones (excluding diaryl/α,β-unsaturated/α-hetero) is 1. The Labute approximate surface area is 101 Å². The molecule has 0 aliphatic rings. The van der Waals surface area contributed by atoms with Gasteiger partial charge in [0.2, 0.25) is 0 Å². The van der Waals surface area contributed by atoms with E-state index >= 15 is 0 Å². The van der Waals surface area contributed by atoms with Gasteiger partial charge in [0.15, 0.2) is 5.78 Å². The zero-order valence-electron chi connectivity index (χ0n) is 9.76. The van der Waals surface area contributed by atoms with Gasteiger partial charge in [-0.15, -0.1) is 0 Å². The summed E-state index contributed by atoms with van der Waals surface area (Å²) in [6.45, 7) is 2.03. The minimum absolute atomic E-state index is 0.0636. The fourth-order valence-corrected chi connectivity index (χ4v) is 1.74. The monoisotopic (exact) mass is 226 g/mol. The molecule has 86 valence electrons. The Balaban J connectivity index is 2.20. The molecule has 0 aromatic carbocycles. The highest BCUT2D eigenvalue weighted by atomic mass is 16.1. The van der Waals surface area contributed by atoms with E-state index in [0.29, 0.717) is 12.1 Å². The van der Waals surface area contributed by atoms with Gasteiger partial charge in [-0.25, -0.2) is 0 Å². The number of pyridine rings is 2. The molecule has 0 radical (unpaired) electrons. The molecule has 0 spiro atoms. The average molecular weight is 226 g/mol. The minimum Gasteiger partial charge on any atom is -0.292 e. The number of rotatable bonds is 4. The molecule has 3 nitrogen and oxygen atoms in total. The van der Waals surface area contributed by atoms with Crippen molar-refractivity contribution in [2.45, 2.75) is 19.8 Å². The number of nitrogens with zero attached hydrogens (tertiary/aromatic N) is 2. The maximum Gasteiger partial charge on any atom is 0.185 e. The summed E-state index contributed by atoms with van der Waals surface area (Å²) in [4.78, 5) is 20.2. The summed E-state index contributed by atoms with van der Waals surface area (Å²) >= 11 is 0. The van der Waals surface area contributed by atoms with Gasteiger partial charge in [-0.05, 0) is 35.7 Å². The Morgan fingerprint density at radius 1 is 1.18 bits per heavy atom. The van der Waals surface area contributed by atoms with E-state index in [1.165, 1.54) is 0 Å². The molecule has 0 saturated carbocycles. The molecule has 2 aromatic heterocycles. The number of ketones is 1. The Bertz CT molecular complexity index is 509. The number of carbonyl (C=O) groups excluding carboxylic acids is 1. The van der Waals surface area contributed by atoms with Crippen molar-refractivity contribution in [3.05, 3.63) is 59.7 Å². The highest BCUT2D eigenvalue weighted by Gasteiger charge is 2.11. The molecule has 0 atom stereocenters. The first kappa shape index (κ1) is 11.5. The summed E-state index contributed by atoms with van der Waals surface area (Å²) in [5.74, 6) is 0.0636. The van der Waals surface area contributed by atoms with Gasteiger partial charge in [-0.3, -0.25) is 14.8 Å². The zero-order valence-corrected chi connectivity index (χ0v) is 9.76. The van der Waals surface area contributed by atoms with E-state index in [0.717, 1.165) is 17.5 Å². The lowest BCUT2D eigenvalue weighted by molar-refractivity contribution is 0.0987. The quantitative estimate of drug-likeness (QED) is 0.752. The van der Waals surface area contributed by atoms with E-state index in [4.69, 9.17) is 0 Å².